The SMILES string of the molecule is Cc1c(Cc2cccnc2)c(=O)oc2cc(OC(=O)N(C)C)c(Cl)cc12. The van der Waals surface area contributed by atoms with Crippen LogP contribution in [0.25, 0.3) is 11.0 Å². The molecule has 134 valence electrons. The zero-order valence-corrected chi connectivity index (χ0v) is 15.3. The number of halogens is 1. The molecule has 1 amide bonds. The molecule has 0 fully saturated rings. The number of carbonyl (C=O) groups is 1. The first kappa shape index (κ1) is 17.9. The summed E-state index contributed by atoms with van der Waals surface area (Å²) in [6, 6.07) is 6.81. The number of ether oxygens (including phenoxy) is 1. The van der Waals surface area contributed by atoms with E-state index in [2.05, 4.69) is 4.98 Å². The molecule has 0 atom stereocenters. The highest BCUT2D eigenvalue weighted by Gasteiger charge is 2.17. The minimum absolute atomic E-state index is 0.139. The van der Waals surface area contributed by atoms with E-state index in [0.717, 1.165) is 11.1 Å². The summed E-state index contributed by atoms with van der Waals surface area (Å²) in [4.78, 5) is 29.5. The van der Waals surface area contributed by atoms with Gasteiger partial charge in [-0.25, -0.2) is 9.59 Å². The van der Waals surface area contributed by atoms with Crippen LogP contribution in [-0.4, -0.2) is 30.1 Å². The molecule has 0 saturated heterocycles. The summed E-state index contributed by atoms with van der Waals surface area (Å²) in [5, 5.41) is 0.954. The number of benzene rings is 1. The maximum atomic E-state index is 12.4. The Morgan fingerprint density at radius 3 is 2.77 bits per heavy atom. The molecule has 0 spiro atoms. The van der Waals surface area contributed by atoms with Gasteiger partial charge in [-0.1, -0.05) is 17.7 Å². The van der Waals surface area contributed by atoms with Crippen molar-refractivity contribution in [3.8, 4) is 5.75 Å². The lowest BCUT2D eigenvalue weighted by Gasteiger charge is -2.13. The smallest absolute Gasteiger partial charge is 0.414 e. The molecule has 0 unspecified atom stereocenters. The fourth-order valence-corrected chi connectivity index (χ4v) is 2.77. The molecular formula is C19H17ClN2O4. The summed E-state index contributed by atoms with van der Waals surface area (Å²) >= 11 is 6.25. The van der Waals surface area contributed by atoms with Gasteiger partial charge in [-0.2, -0.15) is 0 Å². The van der Waals surface area contributed by atoms with E-state index in [1.54, 1.807) is 32.6 Å². The van der Waals surface area contributed by atoms with E-state index in [1.165, 1.54) is 11.0 Å². The van der Waals surface area contributed by atoms with Crippen LogP contribution in [0.1, 0.15) is 16.7 Å². The Morgan fingerprint density at radius 1 is 1.35 bits per heavy atom. The van der Waals surface area contributed by atoms with Gasteiger partial charge in [0.1, 0.15) is 5.58 Å². The third-order valence-electron chi connectivity index (χ3n) is 4.01. The number of aryl methyl sites for hydroxylation is 1. The molecule has 1 aromatic carbocycles. The molecule has 0 saturated carbocycles. The first-order chi connectivity index (χ1) is 12.4. The first-order valence-electron chi connectivity index (χ1n) is 7.90. The van der Waals surface area contributed by atoms with Gasteiger partial charge < -0.3 is 14.1 Å². The molecule has 2 heterocycles. The number of fused-ring (bicyclic) bond motifs is 1. The van der Waals surface area contributed by atoms with Crippen molar-refractivity contribution in [2.45, 2.75) is 13.3 Å². The van der Waals surface area contributed by atoms with Crippen molar-refractivity contribution in [2.24, 2.45) is 0 Å². The largest absolute Gasteiger partial charge is 0.422 e. The molecule has 3 rings (SSSR count). The van der Waals surface area contributed by atoms with E-state index in [0.29, 0.717) is 23.0 Å². The van der Waals surface area contributed by atoms with Crippen LogP contribution >= 0.6 is 11.6 Å². The Bertz CT molecular complexity index is 1030. The van der Waals surface area contributed by atoms with Crippen molar-refractivity contribution in [3.63, 3.8) is 0 Å². The maximum absolute atomic E-state index is 12.4. The fourth-order valence-electron chi connectivity index (χ4n) is 2.56. The van der Waals surface area contributed by atoms with Crippen LogP contribution in [0.4, 0.5) is 4.79 Å². The summed E-state index contributed by atoms with van der Waals surface area (Å²) in [7, 11) is 3.12. The third-order valence-corrected chi connectivity index (χ3v) is 4.30. The molecular weight excluding hydrogens is 356 g/mol. The van der Waals surface area contributed by atoms with Crippen molar-refractivity contribution in [3.05, 3.63) is 68.8 Å². The molecule has 0 bridgehead atoms. The lowest BCUT2D eigenvalue weighted by molar-refractivity contribution is 0.172. The molecule has 2 aromatic heterocycles. The Kier molecular flexibility index (Phi) is 4.95. The fraction of sp³-hybridized carbons (Fsp3) is 0.211. The van der Waals surface area contributed by atoms with E-state index in [9.17, 15) is 9.59 Å². The Labute approximate surface area is 155 Å². The van der Waals surface area contributed by atoms with Gasteiger partial charge in [-0.05, 0) is 30.2 Å². The first-order valence-corrected chi connectivity index (χ1v) is 8.28. The average molecular weight is 373 g/mol. The number of hydrogen-bond donors (Lipinski definition) is 0. The highest BCUT2D eigenvalue weighted by molar-refractivity contribution is 6.33. The molecule has 0 N–H and O–H groups in total. The Morgan fingerprint density at radius 2 is 2.12 bits per heavy atom. The lowest BCUT2D eigenvalue weighted by Crippen LogP contribution is -2.25. The molecule has 26 heavy (non-hydrogen) atoms. The van der Waals surface area contributed by atoms with Crippen LogP contribution in [0.3, 0.4) is 0 Å². The molecule has 6 nitrogen and oxygen atoms in total. The minimum atomic E-state index is -0.571. The molecule has 0 aliphatic heterocycles. The number of nitrogens with zero attached hydrogens (tertiary/aromatic N) is 2. The van der Waals surface area contributed by atoms with E-state index < -0.39 is 11.7 Å². The van der Waals surface area contributed by atoms with Crippen molar-refractivity contribution in [2.75, 3.05) is 14.1 Å². The molecule has 7 heteroatoms. The van der Waals surface area contributed by atoms with Crippen LogP contribution in [0.2, 0.25) is 5.02 Å². The summed E-state index contributed by atoms with van der Waals surface area (Å²) in [5.41, 5.74) is 2.09. The predicted octanol–water partition coefficient (Wildman–Crippen LogP) is 3.80. The zero-order valence-electron chi connectivity index (χ0n) is 14.6. The number of aromatic nitrogens is 1. The Hall–Kier alpha value is -2.86. The lowest BCUT2D eigenvalue weighted by atomic mass is 10.0. The second-order valence-electron chi connectivity index (χ2n) is 6.07. The van der Waals surface area contributed by atoms with E-state index in [1.807, 2.05) is 19.1 Å². The monoisotopic (exact) mass is 372 g/mol. The average Bonchev–Trinajstić information content (AvgIpc) is 2.61. The minimum Gasteiger partial charge on any atom is -0.422 e. The van der Waals surface area contributed by atoms with Crippen LogP contribution in [0.15, 0.2) is 45.9 Å². The van der Waals surface area contributed by atoms with Crippen LogP contribution in [-0.2, 0) is 6.42 Å². The van der Waals surface area contributed by atoms with Crippen LogP contribution in [0, 0.1) is 6.92 Å². The second-order valence-corrected chi connectivity index (χ2v) is 6.48. The number of carbonyl (C=O) groups excluding carboxylic acids is 1. The molecule has 0 aliphatic carbocycles. The van der Waals surface area contributed by atoms with Crippen molar-refractivity contribution >= 4 is 28.7 Å². The van der Waals surface area contributed by atoms with Crippen molar-refractivity contribution in [1.29, 1.82) is 0 Å². The van der Waals surface area contributed by atoms with Gasteiger partial charge in [0.15, 0.2) is 5.75 Å². The predicted molar refractivity (Wildman–Crippen MR) is 99.0 cm³/mol. The van der Waals surface area contributed by atoms with Crippen molar-refractivity contribution in [1.82, 2.24) is 9.88 Å². The highest BCUT2D eigenvalue weighted by Crippen LogP contribution is 2.32. The van der Waals surface area contributed by atoms with E-state index in [-0.39, 0.29) is 10.8 Å². The topological polar surface area (TPSA) is 72.6 Å². The number of pyridine rings is 1. The van der Waals surface area contributed by atoms with E-state index >= 15 is 0 Å². The van der Waals surface area contributed by atoms with Gasteiger partial charge in [-0.3, -0.25) is 4.98 Å². The highest BCUT2D eigenvalue weighted by atomic mass is 35.5. The van der Waals surface area contributed by atoms with Gasteiger partial charge in [-0.15, -0.1) is 0 Å². The third kappa shape index (κ3) is 3.55. The van der Waals surface area contributed by atoms with Gasteiger partial charge in [0.2, 0.25) is 0 Å². The zero-order chi connectivity index (χ0) is 18.8. The maximum Gasteiger partial charge on any atom is 0.414 e. The second kappa shape index (κ2) is 7.17. The van der Waals surface area contributed by atoms with Gasteiger partial charge in [0.05, 0.1) is 5.02 Å². The summed E-state index contributed by atoms with van der Waals surface area (Å²) in [6.07, 6.45) is 3.22. The standard InChI is InChI=1S/C19H17ClN2O4/c1-11-13-8-15(20)17(26-19(24)22(2)3)9-16(13)25-18(23)14(11)7-12-5-4-6-21-10-12/h4-6,8-10H,7H2,1-3H3. The van der Waals surface area contributed by atoms with Gasteiger partial charge >= 0.3 is 11.7 Å². The quantitative estimate of drug-likeness (QED) is 0.654. The molecule has 0 radical (unpaired) electrons. The van der Waals surface area contributed by atoms with Crippen LogP contribution < -0.4 is 10.4 Å². The summed E-state index contributed by atoms with van der Waals surface area (Å²) in [5.74, 6) is 0.139. The van der Waals surface area contributed by atoms with Gasteiger partial charge in [0, 0.05) is 49.9 Å². The van der Waals surface area contributed by atoms with E-state index in [4.69, 9.17) is 20.8 Å². The van der Waals surface area contributed by atoms with Crippen LogP contribution in [0.5, 0.6) is 5.75 Å². The number of rotatable bonds is 3. The summed E-state index contributed by atoms with van der Waals surface area (Å²) < 4.78 is 10.6. The summed E-state index contributed by atoms with van der Waals surface area (Å²) in [6.45, 7) is 1.84. The number of amides is 1. The normalized spacial score (nSPS) is 10.8. The Balaban J connectivity index is 2.07. The molecule has 0 aliphatic rings. The molecule has 3 aromatic rings. The van der Waals surface area contributed by atoms with Crippen molar-refractivity contribution < 1.29 is 13.9 Å². The number of hydrogen-bond acceptors (Lipinski definition) is 5. The van der Waals surface area contributed by atoms with Gasteiger partial charge in [0.25, 0.3) is 0 Å².